The van der Waals surface area contributed by atoms with Gasteiger partial charge in [-0.15, -0.1) is 0 Å². The zero-order valence-corrected chi connectivity index (χ0v) is 54.0. The molecule has 14 aromatic rings. The monoisotopic (exact) mass is 1430 g/mol. The molecule has 0 bridgehead atoms. The standard InChI is InChI=1S/2C15H9ClFNO3.C15H10ClNO3.C9H6ClNO3.C8H4ClNO3.C7H7FO/c2*16-10-3-6-13-12(7-10)14(19)21-15(20)18(13)8-9-1-4-11(17)5-2-9;16-11-6-7-13-12(8-11)14(18)20-15(19)17(13)9-10-4-2-1-3-5-10;1-11-7-3-2-5(10)4-6(7)8(12)14-9(11)13;9-4-1-2-6-5(3-4)7(11)13-8(12)10-6;8-7-3-1-6(5-9)2-4-7/h2*1-7H,8H2;1-8H,9H2;2-4H,1H3;1-3H,(H,10,12);1-4,9H,5H2. The first-order valence-corrected chi connectivity index (χ1v) is 30.2. The van der Waals surface area contributed by atoms with E-state index in [1.807, 2.05) is 30.3 Å². The van der Waals surface area contributed by atoms with Crippen LogP contribution in [0.4, 0.5) is 13.2 Å². The number of benzene rings is 9. The van der Waals surface area contributed by atoms with E-state index in [2.05, 4.69) is 13.8 Å². The number of hydrogen-bond acceptors (Lipinski definition) is 16. The van der Waals surface area contributed by atoms with Crippen molar-refractivity contribution in [3.8, 4) is 0 Å². The maximum atomic E-state index is 12.9. The van der Waals surface area contributed by atoms with Gasteiger partial charge in [0.25, 0.3) is 0 Å². The fraction of sp³-hybridized carbons (Fsp3) is 0.0725. The number of aromatic amines is 1. The summed E-state index contributed by atoms with van der Waals surface area (Å²) in [6.07, 6.45) is 0. The minimum Gasteiger partial charge on any atom is -0.392 e. The predicted octanol–water partition coefficient (Wildman–Crippen LogP) is 11.8. The summed E-state index contributed by atoms with van der Waals surface area (Å²) in [4.78, 5) is 117. The van der Waals surface area contributed by atoms with Gasteiger partial charge in [0, 0.05) is 32.2 Å². The summed E-state index contributed by atoms with van der Waals surface area (Å²) in [5.74, 6) is -4.63. The summed E-state index contributed by atoms with van der Waals surface area (Å²) in [5, 5.41) is 11.9. The highest BCUT2D eigenvalue weighted by molar-refractivity contribution is 6.32. The number of nitrogens with zero attached hydrogens (tertiary/aromatic N) is 4. The minimum absolute atomic E-state index is 0.0275. The van der Waals surface area contributed by atoms with Crippen LogP contribution in [0.3, 0.4) is 0 Å². The molecule has 0 spiro atoms. The van der Waals surface area contributed by atoms with Gasteiger partial charge in [0.05, 0.1) is 80.8 Å². The van der Waals surface area contributed by atoms with Crippen LogP contribution in [0.5, 0.6) is 0 Å². The van der Waals surface area contributed by atoms with Crippen LogP contribution in [-0.2, 0) is 33.3 Å². The molecule has 29 heteroatoms. The van der Waals surface area contributed by atoms with Crippen molar-refractivity contribution in [3.05, 3.63) is 364 Å². The Kier molecular flexibility index (Phi) is 23.3. The molecule has 9 aromatic carbocycles. The van der Waals surface area contributed by atoms with E-state index < -0.39 is 56.9 Å². The van der Waals surface area contributed by atoms with E-state index in [1.54, 1.807) is 97.1 Å². The minimum atomic E-state index is -0.765. The van der Waals surface area contributed by atoms with Gasteiger partial charge in [0.2, 0.25) is 0 Å². The van der Waals surface area contributed by atoms with E-state index in [0.29, 0.717) is 81.1 Å². The largest absolute Gasteiger partial charge is 0.422 e. The van der Waals surface area contributed by atoms with Crippen LogP contribution in [0.2, 0.25) is 25.1 Å². The molecule has 0 saturated heterocycles. The van der Waals surface area contributed by atoms with Crippen LogP contribution in [0.25, 0.3) is 54.5 Å². The summed E-state index contributed by atoms with van der Waals surface area (Å²) in [5.41, 5.74) is 1.92. The van der Waals surface area contributed by atoms with Crippen LogP contribution in [-0.4, -0.2) is 28.4 Å². The molecule has 0 unspecified atom stereocenters. The molecular formula is C69H45Cl5F3N5O16. The summed E-state index contributed by atoms with van der Waals surface area (Å²) >= 11 is 28.9. The Morgan fingerprint density at radius 1 is 0.347 bits per heavy atom. The fourth-order valence-electron chi connectivity index (χ4n) is 9.27. The first-order valence-electron chi connectivity index (χ1n) is 28.3. The lowest BCUT2D eigenvalue weighted by Gasteiger charge is -2.08. The molecule has 0 radical (unpaired) electrons. The maximum Gasteiger partial charge on any atom is 0.422 e. The van der Waals surface area contributed by atoms with Gasteiger partial charge < -0.3 is 27.2 Å². The van der Waals surface area contributed by atoms with Crippen molar-refractivity contribution in [2.45, 2.75) is 26.2 Å². The predicted molar refractivity (Wildman–Crippen MR) is 365 cm³/mol. The second kappa shape index (κ2) is 32.1. The van der Waals surface area contributed by atoms with Crippen molar-refractivity contribution in [2.75, 3.05) is 0 Å². The molecule has 0 aliphatic heterocycles. The summed E-state index contributed by atoms with van der Waals surface area (Å²) in [6.45, 7) is 0.643. The first kappa shape index (κ1) is 71.2. The van der Waals surface area contributed by atoms with E-state index in [1.165, 1.54) is 92.0 Å². The molecule has 0 amide bonds. The zero-order valence-electron chi connectivity index (χ0n) is 50.2. The van der Waals surface area contributed by atoms with E-state index >= 15 is 0 Å². The summed E-state index contributed by atoms with van der Waals surface area (Å²) < 4.78 is 66.2. The molecule has 2 N–H and O–H groups in total. The fourth-order valence-corrected chi connectivity index (χ4v) is 10.1. The second-order valence-corrected chi connectivity index (χ2v) is 22.8. The average molecular weight is 1430 g/mol. The Labute approximate surface area is 570 Å². The van der Waals surface area contributed by atoms with Gasteiger partial charge in [-0.3, -0.25) is 23.3 Å². The van der Waals surface area contributed by atoms with E-state index in [-0.39, 0.29) is 53.3 Å². The normalized spacial score (nSPS) is 10.7. The second-order valence-electron chi connectivity index (χ2n) is 20.6. The van der Waals surface area contributed by atoms with Gasteiger partial charge in [0.15, 0.2) is 0 Å². The van der Waals surface area contributed by atoms with Crippen LogP contribution in [0.1, 0.15) is 22.3 Å². The summed E-state index contributed by atoms with van der Waals surface area (Å²) in [6, 6.07) is 50.0. The number of nitrogens with one attached hydrogen (secondary N) is 1. The summed E-state index contributed by atoms with van der Waals surface area (Å²) in [7, 11) is 1.53. The maximum absolute atomic E-state index is 12.9. The third kappa shape index (κ3) is 18.1. The Hall–Kier alpha value is -11.1. The number of hydrogen-bond donors (Lipinski definition) is 2. The third-order valence-electron chi connectivity index (χ3n) is 14.0. The quantitative estimate of drug-likeness (QED) is 0.150. The van der Waals surface area contributed by atoms with Crippen LogP contribution >= 0.6 is 58.0 Å². The Balaban J connectivity index is 0.000000140. The lowest BCUT2D eigenvalue weighted by Crippen LogP contribution is -2.25. The number of H-pyrrole nitrogens is 1. The average Bonchev–Trinajstić information content (AvgIpc) is 0.799. The highest BCUT2D eigenvalue weighted by atomic mass is 35.5. The van der Waals surface area contributed by atoms with Gasteiger partial charge in [-0.1, -0.05) is 125 Å². The molecule has 98 heavy (non-hydrogen) atoms. The van der Waals surface area contributed by atoms with Crippen molar-refractivity contribution in [1.82, 2.24) is 23.3 Å². The zero-order chi connectivity index (χ0) is 70.5. The van der Waals surface area contributed by atoms with E-state index in [9.17, 15) is 61.1 Å². The number of rotatable bonds is 7. The molecule has 5 aromatic heterocycles. The number of aryl methyl sites for hydroxylation is 1. The SMILES string of the molecule is Cn1c(=O)oc(=O)c2cc(Cl)ccc21.O=c1[nH]c2ccc(Cl)cc2c(=O)o1.O=c1oc(=O)n(Cc2ccc(F)cc2)c2ccc(Cl)cc12.O=c1oc(=O)n(Cc2ccc(F)cc2)c2ccc(Cl)cc12.O=c1oc(=O)n(Cc2ccccc2)c2ccc(Cl)cc12.OCc1ccc(F)cc1. The highest BCUT2D eigenvalue weighted by Crippen LogP contribution is 2.21. The van der Waals surface area contributed by atoms with Gasteiger partial charge in [-0.05, 0) is 150 Å². The van der Waals surface area contributed by atoms with Crippen LogP contribution < -0.4 is 56.9 Å². The molecular weight excluding hydrogens is 1390 g/mol. The number of aliphatic hydroxyl groups is 1. The number of aliphatic hydroxyl groups excluding tert-OH is 1. The number of fused-ring (bicyclic) bond motifs is 5. The molecule has 14 rings (SSSR count). The Bertz CT molecular complexity index is 5760. The van der Waals surface area contributed by atoms with Crippen LogP contribution in [0.15, 0.2) is 264 Å². The lowest BCUT2D eigenvalue weighted by atomic mass is 10.2. The van der Waals surface area contributed by atoms with E-state index in [4.69, 9.17) is 76.4 Å². The smallest absolute Gasteiger partial charge is 0.392 e. The molecule has 0 aliphatic carbocycles. The third-order valence-corrected chi connectivity index (χ3v) is 15.2. The Morgan fingerprint density at radius 2 is 0.643 bits per heavy atom. The molecule has 0 atom stereocenters. The van der Waals surface area contributed by atoms with E-state index in [0.717, 1.165) is 11.1 Å². The molecule has 498 valence electrons. The van der Waals surface area contributed by atoms with Crippen molar-refractivity contribution in [3.63, 3.8) is 0 Å². The van der Waals surface area contributed by atoms with Gasteiger partial charge >= 0.3 is 56.9 Å². The molecule has 0 saturated carbocycles. The van der Waals surface area contributed by atoms with Crippen LogP contribution in [0, 0.1) is 17.5 Å². The van der Waals surface area contributed by atoms with Gasteiger partial charge in [-0.25, -0.2) is 61.1 Å². The topological polar surface area (TPSA) is 292 Å². The highest BCUT2D eigenvalue weighted by Gasteiger charge is 2.15. The molecule has 21 nitrogen and oxygen atoms in total. The Morgan fingerprint density at radius 3 is 1.01 bits per heavy atom. The number of halogens is 8. The van der Waals surface area contributed by atoms with Crippen molar-refractivity contribution in [1.29, 1.82) is 0 Å². The van der Waals surface area contributed by atoms with Crippen molar-refractivity contribution < 1.29 is 40.4 Å². The molecule has 0 fully saturated rings. The first-order chi connectivity index (χ1) is 46.8. The lowest BCUT2D eigenvalue weighted by molar-refractivity contribution is 0.281. The number of aromatic nitrogens is 5. The molecule has 5 heterocycles. The van der Waals surface area contributed by atoms with Gasteiger partial charge in [-0.2, -0.15) is 0 Å². The van der Waals surface area contributed by atoms with Crippen molar-refractivity contribution in [2.24, 2.45) is 7.05 Å². The van der Waals surface area contributed by atoms with Crippen molar-refractivity contribution >= 4 is 113 Å². The van der Waals surface area contributed by atoms with Gasteiger partial charge in [0.1, 0.15) is 17.5 Å². The molecule has 0 aliphatic rings.